The van der Waals surface area contributed by atoms with Gasteiger partial charge in [0, 0.05) is 5.56 Å². The summed E-state index contributed by atoms with van der Waals surface area (Å²) in [5.74, 6) is -0.810. The number of hydrogen-bond acceptors (Lipinski definition) is 3. The van der Waals surface area contributed by atoms with E-state index in [0.29, 0.717) is 5.56 Å². The lowest BCUT2D eigenvalue weighted by molar-refractivity contribution is -0.120. The molecule has 6 heteroatoms. The van der Waals surface area contributed by atoms with Crippen LogP contribution >= 0.6 is 11.6 Å². The minimum Gasteiger partial charge on any atom is -0.508 e. The van der Waals surface area contributed by atoms with Crippen LogP contribution in [0, 0.1) is 12.7 Å². The van der Waals surface area contributed by atoms with E-state index < -0.39 is 5.82 Å². The van der Waals surface area contributed by atoms with E-state index in [-0.39, 0.29) is 28.7 Å². The van der Waals surface area contributed by atoms with Crippen LogP contribution in [0.5, 0.6) is 5.75 Å². The molecule has 22 heavy (non-hydrogen) atoms. The van der Waals surface area contributed by atoms with E-state index in [1.807, 2.05) is 0 Å². The Kier molecular flexibility index (Phi) is 5.12. The van der Waals surface area contributed by atoms with Gasteiger partial charge in [-0.3, -0.25) is 4.79 Å². The SMILES string of the molecule is Cc1ccc(F)c(/C=N/NC(=O)Cc2cccc(O)c2)c1Cl. The van der Waals surface area contributed by atoms with Crippen molar-refractivity contribution in [2.24, 2.45) is 5.10 Å². The minimum atomic E-state index is -0.512. The Balaban J connectivity index is 2.01. The first-order chi connectivity index (χ1) is 10.5. The molecule has 2 N–H and O–H groups in total. The number of benzene rings is 2. The van der Waals surface area contributed by atoms with Gasteiger partial charge in [0.2, 0.25) is 5.91 Å². The fourth-order valence-electron chi connectivity index (χ4n) is 1.86. The highest BCUT2D eigenvalue weighted by molar-refractivity contribution is 6.33. The van der Waals surface area contributed by atoms with Crippen molar-refractivity contribution in [2.75, 3.05) is 0 Å². The third-order valence-electron chi connectivity index (χ3n) is 2.98. The number of hydrogen-bond donors (Lipinski definition) is 2. The predicted molar refractivity (Wildman–Crippen MR) is 83.7 cm³/mol. The van der Waals surface area contributed by atoms with Crippen molar-refractivity contribution in [3.05, 3.63) is 63.9 Å². The van der Waals surface area contributed by atoms with E-state index in [1.54, 1.807) is 25.1 Å². The number of phenolic OH excluding ortho intramolecular Hbond substituents is 1. The Morgan fingerprint density at radius 2 is 2.18 bits per heavy atom. The van der Waals surface area contributed by atoms with Crippen LogP contribution in [-0.2, 0) is 11.2 Å². The van der Waals surface area contributed by atoms with Gasteiger partial charge in [0.25, 0.3) is 0 Å². The van der Waals surface area contributed by atoms with Crippen LogP contribution in [0.1, 0.15) is 16.7 Å². The highest BCUT2D eigenvalue weighted by Gasteiger charge is 2.08. The Bertz CT molecular complexity index is 732. The van der Waals surface area contributed by atoms with Gasteiger partial charge in [-0.15, -0.1) is 0 Å². The topological polar surface area (TPSA) is 61.7 Å². The second-order valence-corrected chi connectivity index (χ2v) is 5.11. The van der Waals surface area contributed by atoms with Gasteiger partial charge in [0.1, 0.15) is 11.6 Å². The maximum atomic E-state index is 13.6. The van der Waals surface area contributed by atoms with Crippen molar-refractivity contribution in [1.82, 2.24) is 5.43 Å². The molecule has 114 valence electrons. The molecule has 0 fully saturated rings. The monoisotopic (exact) mass is 320 g/mol. The van der Waals surface area contributed by atoms with Gasteiger partial charge in [-0.25, -0.2) is 9.82 Å². The molecule has 0 aliphatic rings. The molecule has 0 unspecified atom stereocenters. The van der Waals surface area contributed by atoms with Crippen molar-refractivity contribution in [3.63, 3.8) is 0 Å². The van der Waals surface area contributed by atoms with E-state index in [4.69, 9.17) is 11.6 Å². The molecule has 2 rings (SSSR count). The van der Waals surface area contributed by atoms with Crippen molar-refractivity contribution in [2.45, 2.75) is 13.3 Å². The normalized spacial score (nSPS) is 10.9. The van der Waals surface area contributed by atoms with Crippen LogP contribution in [0.2, 0.25) is 5.02 Å². The zero-order valence-electron chi connectivity index (χ0n) is 11.8. The van der Waals surface area contributed by atoms with Gasteiger partial charge in [0.05, 0.1) is 17.7 Å². The van der Waals surface area contributed by atoms with E-state index >= 15 is 0 Å². The molecule has 4 nitrogen and oxygen atoms in total. The second kappa shape index (κ2) is 7.04. The summed E-state index contributed by atoms with van der Waals surface area (Å²) >= 11 is 5.99. The zero-order chi connectivity index (χ0) is 16.1. The maximum absolute atomic E-state index is 13.6. The lowest BCUT2D eigenvalue weighted by Crippen LogP contribution is -2.19. The predicted octanol–water partition coefficient (Wildman–Crippen LogP) is 3.19. The number of halogens is 2. The van der Waals surface area contributed by atoms with Crippen molar-refractivity contribution in [1.29, 1.82) is 0 Å². The molecular formula is C16H14ClFN2O2. The number of nitrogens with zero attached hydrogens (tertiary/aromatic N) is 1. The van der Waals surface area contributed by atoms with E-state index in [0.717, 1.165) is 5.56 Å². The average molecular weight is 321 g/mol. The fourth-order valence-corrected chi connectivity index (χ4v) is 2.06. The molecule has 0 aliphatic carbocycles. The second-order valence-electron chi connectivity index (χ2n) is 4.73. The van der Waals surface area contributed by atoms with Crippen LogP contribution in [0.25, 0.3) is 0 Å². The molecule has 2 aromatic rings. The standard InChI is InChI=1S/C16H14ClFN2O2/c1-10-5-6-14(18)13(16(10)17)9-19-20-15(22)8-11-3-2-4-12(21)7-11/h2-7,9,21H,8H2,1H3,(H,20,22)/b19-9+. The smallest absolute Gasteiger partial charge is 0.244 e. The van der Waals surface area contributed by atoms with E-state index in [2.05, 4.69) is 10.5 Å². The highest BCUT2D eigenvalue weighted by Crippen LogP contribution is 2.21. The first-order valence-corrected chi connectivity index (χ1v) is 6.89. The largest absolute Gasteiger partial charge is 0.508 e. The molecule has 0 heterocycles. The van der Waals surface area contributed by atoms with Crippen LogP contribution < -0.4 is 5.43 Å². The van der Waals surface area contributed by atoms with Gasteiger partial charge in [-0.05, 0) is 36.2 Å². The molecule has 0 spiro atoms. The fraction of sp³-hybridized carbons (Fsp3) is 0.125. The summed E-state index contributed by atoms with van der Waals surface area (Å²) in [5.41, 5.74) is 3.78. The quantitative estimate of drug-likeness (QED) is 0.671. The average Bonchev–Trinajstić information content (AvgIpc) is 2.47. The number of hydrazone groups is 1. The first kappa shape index (κ1) is 16.0. The molecule has 1 amide bonds. The lowest BCUT2D eigenvalue weighted by Gasteiger charge is -2.04. The summed E-state index contributed by atoms with van der Waals surface area (Å²) in [6.07, 6.45) is 1.22. The van der Waals surface area contributed by atoms with Crippen LogP contribution in [-0.4, -0.2) is 17.2 Å². The van der Waals surface area contributed by atoms with Gasteiger partial charge < -0.3 is 5.11 Å². The number of aromatic hydroxyl groups is 1. The van der Waals surface area contributed by atoms with Gasteiger partial charge in [-0.1, -0.05) is 29.8 Å². The van der Waals surface area contributed by atoms with Crippen molar-refractivity contribution >= 4 is 23.7 Å². The summed E-state index contributed by atoms with van der Waals surface area (Å²) in [5, 5.41) is 13.3. The number of phenols is 1. The summed E-state index contributed by atoms with van der Waals surface area (Å²) in [7, 11) is 0. The number of carbonyl (C=O) groups excluding carboxylic acids is 1. The van der Waals surface area contributed by atoms with E-state index in [1.165, 1.54) is 24.4 Å². The lowest BCUT2D eigenvalue weighted by atomic mass is 10.1. The van der Waals surface area contributed by atoms with Crippen LogP contribution in [0.3, 0.4) is 0 Å². The summed E-state index contributed by atoms with van der Waals surface area (Å²) in [6, 6.07) is 9.21. The van der Waals surface area contributed by atoms with Crippen molar-refractivity contribution in [3.8, 4) is 5.75 Å². The number of rotatable bonds is 4. The molecular weight excluding hydrogens is 307 g/mol. The third-order valence-corrected chi connectivity index (χ3v) is 3.48. The molecule has 0 atom stereocenters. The number of amides is 1. The molecule has 0 bridgehead atoms. The maximum Gasteiger partial charge on any atom is 0.244 e. The number of aryl methyl sites for hydroxylation is 1. The van der Waals surface area contributed by atoms with Crippen LogP contribution in [0.4, 0.5) is 4.39 Å². The number of nitrogens with one attached hydrogen (secondary N) is 1. The van der Waals surface area contributed by atoms with Crippen LogP contribution in [0.15, 0.2) is 41.5 Å². The third kappa shape index (κ3) is 4.05. The van der Waals surface area contributed by atoms with E-state index in [9.17, 15) is 14.3 Å². The Morgan fingerprint density at radius 3 is 2.91 bits per heavy atom. The summed E-state index contributed by atoms with van der Waals surface area (Å²) in [4.78, 5) is 11.7. The summed E-state index contributed by atoms with van der Waals surface area (Å²) in [6.45, 7) is 1.75. The Morgan fingerprint density at radius 1 is 1.41 bits per heavy atom. The first-order valence-electron chi connectivity index (χ1n) is 6.52. The Hall–Kier alpha value is -2.40. The highest BCUT2D eigenvalue weighted by atomic mass is 35.5. The van der Waals surface area contributed by atoms with Gasteiger partial charge in [-0.2, -0.15) is 5.10 Å². The minimum absolute atomic E-state index is 0.0514. The van der Waals surface area contributed by atoms with Gasteiger partial charge in [0.15, 0.2) is 0 Å². The molecule has 2 aromatic carbocycles. The number of carbonyl (C=O) groups is 1. The molecule has 0 saturated carbocycles. The molecule has 0 aliphatic heterocycles. The molecule has 0 saturated heterocycles. The molecule has 0 aromatic heterocycles. The summed E-state index contributed by atoms with van der Waals surface area (Å²) < 4.78 is 13.6. The van der Waals surface area contributed by atoms with Crippen molar-refractivity contribution < 1.29 is 14.3 Å². The Labute approximate surface area is 132 Å². The van der Waals surface area contributed by atoms with Gasteiger partial charge >= 0.3 is 0 Å². The molecule has 0 radical (unpaired) electrons. The zero-order valence-corrected chi connectivity index (χ0v) is 12.6.